The highest BCUT2D eigenvalue weighted by Crippen LogP contribution is 2.34. The molecule has 2 saturated heterocycles. The standard InChI is InChI=1S/C78H129N15O18S2/c1-8-15-53-68(102)86-56(29-30-62(99)100)69(103)87-57(36-45-21-25-50(96)26-22-45)72(106)84-54(16-9-2)70(104)92-64(44(4)95)76(110)90-60(66(80)101)42-113-41-48-18-13-17-47(35-48)40-112-34-31-61(98)91-65(78(5,6)7)77(111)89-58(37-46-23-27-51(97)28-24-46)73(107)85-55(20-11-10-12-32-79)71(105)93-63(43(3)94)75(109)88-59(74(108)83-53)38-49-39-82-67-52(49)19-14-33-81-67/h13,17-18,35,43-46,49-60,63-65,67,81-82,94-97H,8-12,14-16,19-34,36-42,79H2,1-7H3,(H2,80,101)(H,83,108)(H,84,106)(H,85,107)(H,86,102)(H,87,103)(H,88,109)(H,89,111)(H,90,110)(H,91,98)(H,92,104)(H,93,105)(H,99,100)/t43-,44-,45?,46?,49?,50?,51?,52?,53+,54+,55+,56+,57+,58+,59+,60+,63+,64+,65-,67?/m1/s1. The minimum absolute atomic E-state index is 0.00743. The van der Waals surface area contributed by atoms with E-state index in [2.05, 4.69) is 69.1 Å². The molecule has 1 aromatic rings. The molecule has 0 radical (unpaired) electrons. The number of amides is 12. The number of carbonyl (C=O) groups is 13. The van der Waals surface area contributed by atoms with Crippen LogP contribution >= 0.6 is 23.5 Å². The molecular weight excluding hydrogens is 1500 g/mol. The zero-order chi connectivity index (χ0) is 83.1. The van der Waals surface area contributed by atoms with Gasteiger partial charge in [0.2, 0.25) is 70.9 Å². The van der Waals surface area contributed by atoms with Crippen molar-refractivity contribution in [3.05, 3.63) is 35.4 Å². The summed E-state index contributed by atoms with van der Waals surface area (Å²) >= 11 is 2.74. The number of hydrogen-bond acceptors (Lipinski definition) is 22. The molecule has 33 nitrogen and oxygen atoms in total. The van der Waals surface area contributed by atoms with Gasteiger partial charge in [-0.05, 0) is 189 Å². The van der Waals surface area contributed by atoms with Gasteiger partial charge in [-0.25, -0.2) is 0 Å². The summed E-state index contributed by atoms with van der Waals surface area (Å²) in [5, 5.41) is 90.2. The van der Waals surface area contributed by atoms with Crippen molar-refractivity contribution in [3.63, 3.8) is 0 Å². The van der Waals surface area contributed by atoms with Crippen LogP contribution in [0, 0.1) is 29.1 Å². The zero-order valence-corrected chi connectivity index (χ0v) is 68.4. The van der Waals surface area contributed by atoms with Crippen LogP contribution in [0.5, 0.6) is 0 Å². The molecule has 3 heterocycles. The Morgan fingerprint density at radius 2 is 0.982 bits per heavy atom. The van der Waals surface area contributed by atoms with Gasteiger partial charge in [0.25, 0.3) is 0 Å². The lowest BCUT2D eigenvalue weighted by Gasteiger charge is -2.34. The summed E-state index contributed by atoms with van der Waals surface area (Å²) in [5.41, 5.74) is 12.5. The molecule has 2 bridgehead atoms. The van der Waals surface area contributed by atoms with Gasteiger partial charge in [-0.15, -0.1) is 0 Å². The number of fused-ring (bicyclic) bond motifs is 3. The molecule has 3 unspecified atom stereocenters. The third-order valence-corrected chi connectivity index (χ3v) is 24.1. The second-order valence-corrected chi connectivity index (χ2v) is 34.6. The van der Waals surface area contributed by atoms with E-state index in [1.807, 2.05) is 24.3 Å². The third-order valence-electron chi connectivity index (χ3n) is 22.0. The second kappa shape index (κ2) is 47.7. The minimum Gasteiger partial charge on any atom is -0.481 e. The Morgan fingerprint density at radius 1 is 0.531 bits per heavy atom. The van der Waals surface area contributed by atoms with Crippen molar-refractivity contribution in [2.45, 2.75) is 311 Å². The Bertz CT molecular complexity index is 3320. The third kappa shape index (κ3) is 31.7. The second-order valence-electron chi connectivity index (χ2n) is 32.5. The molecule has 16 atom stereocenters. The number of carboxylic acid groups (broad SMARTS) is 1. The number of carboxylic acids is 1. The molecule has 22 N–H and O–H groups in total. The number of hydrogen-bond donors (Lipinski definition) is 20. The smallest absolute Gasteiger partial charge is 0.303 e. The normalized spacial score (nSPS) is 31.1. The SMILES string of the molecule is CCC[C@@H]1NC(=O)[C@H](CC2CNC3NCCCC23)NC(=O)[C@H]([C@@H](C)O)NC(=O)[C@H](CCCCCN)NC(=O)[C@H](CC2CCC(O)CC2)NC(=O)[C@H](C(C)(C)C)NC(=O)CCSCc2cccc(c2)CSC[C@@H](C(N)=O)NC(=O)[C@H]([C@@H](C)O)NC(=O)[C@H](CCC)NC(=O)[C@H](CC2CCC(O)CC2)NC(=O)[C@H](CCC(=O)O)NC1=O. The highest BCUT2D eigenvalue weighted by molar-refractivity contribution is 7.98. The van der Waals surface area contributed by atoms with E-state index < -0.39 is 186 Å². The molecular formula is C78H129N15O18S2. The maximum Gasteiger partial charge on any atom is 0.303 e. The molecule has 0 spiro atoms. The van der Waals surface area contributed by atoms with Gasteiger partial charge in [0, 0.05) is 35.9 Å². The molecule has 2 saturated carbocycles. The fourth-order valence-corrected chi connectivity index (χ4v) is 17.3. The fraction of sp³-hybridized carbons (Fsp3) is 0.756. The summed E-state index contributed by atoms with van der Waals surface area (Å²) in [4.78, 5) is 187. The maximum atomic E-state index is 15.1. The predicted molar refractivity (Wildman–Crippen MR) is 427 cm³/mol. The summed E-state index contributed by atoms with van der Waals surface area (Å²) < 4.78 is 0. The van der Waals surface area contributed by atoms with Crippen LogP contribution in [0.2, 0.25) is 0 Å². The van der Waals surface area contributed by atoms with Crippen LogP contribution in [-0.4, -0.2) is 231 Å². The van der Waals surface area contributed by atoms with Gasteiger partial charge in [-0.3, -0.25) is 62.3 Å². The van der Waals surface area contributed by atoms with Gasteiger partial charge < -0.3 is 106 Å². The van der Waals surface area contributed by atoms with Crippen LogP contribution < -0.4 is 80.6 Å². The largest absolute Gasteiger partial charge is 0.481 e. The Morgan fingerprint density at radius 3 is 1.47 bits per heavy atom. The lowest BCUT2D eigenvalue weighted by Crippen LogP contribution is -2.62. The summed E-state index contributed by atoms with van der Waals surface area (Å²) in [6.07, 6.45) is 1.42. The van der Waals surface area contributed by atoms with E-state index in [4.69, 9.17) is 11.5 Å². The zero-order valence-electron chi connectivity index (χ0n) is 66.8. The van der Waals surface area contributed by atoms with Gasteiger partial charge in [0.1, 0.15) is 66.5 Å². The highest BCUT2D eigenvalue weighted by Gasteiger charge is 2.44. The van der Waals surface area contributed by atoms with E-state index in [0.717, 1.165) is 30.5 Å². The molecule has 1 aromatic carbocycles. The molecule has 35 heteroatoms. The summed E-state index contributed by atoms with van der Waals surface area (Å²) in [7, 11) is 0. The van der Waals surface area contributed by atoms with Crippen molar-refractivity contribution in [1.82, 2.24) is 69.1 Å². The summed E-state index contributed by atoms with van der Waals surface area (Å²) in [6.45, 7) is 12.7. The first-order chi connectivity index (χ1) is 53.7. The van der Waals surface area contributed by atoms with E-state index in [0.29, 0.717) is 107 Å². The van der Waals surface area contributed by atoms with Crippen LogP contribution in [0.1, 0.15) is 214 Å². The van der Waals surface area contributed by atoms with Crippen LogP contribution in [0.4, 0.5) is 0 Å². The van der Waals surface area contributed by atoms with Gasteiger partial charge >= 0.3 is 5.97 Å². The number of aliphatic hydroxyl groups is 4. The van der Waals surface area contributed by atoms with Crippen molar-refractivity contribution in [2.24, 2.45) is 40.6 Å². The number of nitrogens with two attached hydrogens (primary N) is 2. The number of aliphatic hydroxyl groups excluding tert-OH is 4. The summed E-state index contributed by atoms with van der Waals surface area (Å²) in [6, 6.07) is -8.43. The average molecular weight is 1630 g/mol. The first kappa shape index (κ1) is 94.6. The van der Waals surface area contributed by atoms with E-state index >= 15 is 4.79 Å². The number of carbonyl (C=O) groups excluding carboxylic acids is 12. The van der Waals surface area contributed by atoms with Crippen molar-refractivity contribution in [3.8, 4) is 0 Å². The molecule has 6 rings (SSSR count). The Labute approximate surface area is 672 Å². The average Bonchev–Trinajstić information content (AvgIpc) is 1.79. The molecule has 4 fully saturated rings. The minimum atomic E-state index is -1.77. The molecule has 3 aliphatic heterocycles. The van der Waals surface area contributed by atoms with Crippen molar-refractivity contribution < 1.29 is 87.9 Å². The number of benzene rings is 1. The molecule has 0 aromatic heterocycles. The predicted octanol–water partition coefficient (Wildman–Crippen LogP) is -0.0158. The number of thioether (sulfide) groups is 2. The van der Waals surface area contributed by atoms with Crippen LogP contribution in [0.25, 0.3) is 0 Å². The lowest BCUT2D eigenvalue weighted by molar-refractivity contribution is -0.139. The fourth-order valence-electron chi connectivity index (χ4n) is 15.4. The monoisotopic (exact) mass is 1630 g/mol. The Hall–Kier alpha value is -7.25. The quantitative estimate of drug-likeness (QED) is 0.0720. The molecule has 2 aliphatic carbocycles. The Kier molecular flexibility index (Phi) is 39.9. The van der Waals surface area contributed by atoms with Crippen LogP contribution in [-0.2, 0) is 73.8 Å². The van der Waals surface area contributed by atoms with E-state index in [9.17, 15) is 83.1 Å². The number of piperidine rings is 1. The van der Waals surface area contributed by atoms with Gasteiger partial charge in [0.05, 0.1) is 30.6 Å². The molecule has 12 amide bonds. The first-order valence-corrected chi connectivity index (χ1v) is 43.0. The van der Waals surface area contributed by atoms with E-state index in [1.165, 1.54) is 37.4 Å². The van der Waals surface area contributed by atoms with E-state index in [1.54, 1.807) is 34.6 Å². The topological polar surface area (TPSA) is 531 Å². The van der Waals surface area contributed by atoms with Gasteiger partial charge in [0.15, 0.2) is 0 Å². The van der Waals surface area contributed by atoms with Gasteiger partial charge in [-0.2, -0.15) is 23.5 Å². The maximum absolute atomic E-state index is 15.1. The number of nitrogens with one attached hydrogen (secondary N) is 13. The first-order valence-electron chi connectivity index (χ1n) is 40.6. The number of primary amides is 1. The highest BCUT2D eigenvalue weighted by atomic mass is 32.2. The molecule has 5 aliphatic rings. The van der Waals surface area contributed by atoms with E-state index in [-0.39, 0.29) is 87.0 Å². The molecule has 636 valence electrons. The van der Waals surface area contributed by atoms with Crippen molar-refractivity contribution in [2.75, 3.05) is 31.1 Å². The van der Waals surface area contributed by atoms with Crippen molar-refractivity contribution >= 4 is 100 Å². The lowest BCUT2D eigenvalue weighted by atomic mass is 9.82. The summed E-state index contributed by atoms with van der Waals surface area (Å²) in [5.74, 6) is -11.1. The number of rotatable bonds is 21. The van der Waals surface area contributed by atoms with Crippen LogP contribution in [0.15, 0.2) is 24.3 Å². The number of aliphatic carboxylic acids is 1. The molecule has 113 heavy (non-hydrogen) atoms. The van der Waals surface area contributed by atoms with Gasteiger partial charge in [-0.1, -0.05) is 84.6 Å². The number of unbranched alkanes of at least 4 members (excludes halogenated alkanes) is 2. The van der Waals surface area contributed by atoms with Crippen molar-refractivity contribution in [1.29, 1.82) is 0 Å². The van der Waals surface area contributed by atoms with Crippen LogP contribution in [0.3, 0.4) is 0 Å². The Balaban J connectivity index is 1.37.